The molecular formula is C35H54N22O8. The number of primary amides is 1. The third-order valence-corrected chi connectivity index (χ3v) is 8.08. The quantitative estimate of drug-likeness (QED) is 0.0280. The van der Waals surface area contributed by atoms with E-state index in [1.165, 1.54) is 24.3 Å². The van der Waals surface area contributed by atoms with Crippen LogP contribution < -0.4 is 97.8 Å². The Balaban J connectivity index is 2.29. The Kier molecular flexibility index (Phi) is 20.3. The van der Waals surface area contributed by atoms with Crippen molar-refractivity contribution in [2.75, 3.05) is 25.5 Å². The number of rotatable bonds is 23. The lowest BCUT2D eigenvalue weighted by atomic mass is 10.1. The molecule has 0 spiro atoms. The smallest absolute Gasteiger partial charge is 0.265 e. The summed E-state index contributed by atoms with van der Waals surface area (Å²) in [5.74, 6) is -12.4. The number of guanidine groups is 4. The first-order valence-electron chi connectivity index (χ1n) is 18.7. The molecule has 0 heterocycles. The van der Waals surface area contributed by atoms with Gasteiger partial charge in [0.1, 0.15) is 6.04 Å². The summed E-state index contributed by atoms with van der Waals surface area (Å²) in [4.78, 5) is 93.4. The van der Waals surface area contributed by atoms with Crippen LogP contribution in [0.25, 0.3) is 6.08 Å². The molecule has 0 saturated carbocycles. The van der Waals surface area contributed by atoms with E-state index in [2.05, 4.69) is 37.2 Å². The predicted molar refractivity (Wildman–Crippen MR) is 234 cm³/mol. The van der Waals surface area contributed by atoms with E-state index in [1.54, 1.807) is 18.2 Å². The third kappa shape index (κ3) is 18.4. The van der Waals surface area contributed by atoms with E-state index in [0.717, 1.165) is 11.3 Å². The highest BCUT2D eigenvalue weighted by atomic mass is 16.3. The molecule has 0 aliphatic carbocycles. The lowest BCUT2D eigenvalue weighted by Crippen LogP contribution is -2.69. The number of anilines is 1. The summed E-state index contributed by atoms with van der Waals surface area (Å²) < 4.78 is 0. The van der Waals surface area contributed by atoms with Gasteiger partial charge in [-0.3, -0.25) is 60.5 Å². The van der Waals surface area contributed by atoms with Gasteiger partial charge in [0, 0.05) is 26.3 Å². The van der Waals surface area contributed by atoms with Crippen LogP contribution in [-0.4, -0.2) is 128 Å². The molecule has 7 unspecified atom stereocenters. The Morgan fingerprint density at radius 1 is 0.569 bits per heavy atom. The monoisotopic (exact) mass is 910 g/mol. The van der Waals surface area contributed by atoms with Crippen molar-refractivity contribution in [3.05, 3.63) is 71.8 Å². The molecule has 28 N–H and O–H groups in total. The molecule has 0 bridgehead atoms. The second kappa shape index (κ2) is 25.2. The summed E-state index contributed by atoms with van der Waals surface area (Å²) in [7, 11) is 3.80. The number of nitrogens with zero attached hydrogens (tertiary/aromatic N) is 1. The summed E-state index contributed by atoms with van der Waals surface area (Å²) in [5, 5.41) is 64.7. The molecule has 7 amide bonds. The molecule has 0 fully saturated rings. The van der Waals surface area contributed by atoms with Crippen molar-refractivity contribution in [2.45, 2.75) is 43.1 Å². The number of carbonyl (C=O) groups excluding carboxylic acids is 7. The van der Waals surface area contributed by atoms with E-state index >= 15 is 0 Å². The molecule has 7 atom stereocenters. The van der Waals surface area contributed by atoms with Gasteiger partial charge in [0.2, 0.25) is 5.91 Å². The molecule has 2 rings (SSSR count). The van der Waals surface area contributed by atoms with Crippen LogP contribution in [-0.2, 0) is 33.6 Å². The van der Waals surface area contributed by atoms with E-state index in [-0.39, 0.29) is 12.1 Å². The Bertz CT molecular complexity index is 2100. The van der Waals surface area contributed by atoms with Gasteiger partial charge in [-0.15, -0.1) is 0 Å². The third-order valence-electron chi connectivity index (χ3n) is 8.08. The van der Waals surface area contributed by atoms with Gasteiger partial charge in [-0.2, -0.15) is 0 Å². The first-order chi connectivity index (χ1) is 30.5. The van der Waals surface area contributed by atoms with Crippen molar-refractivity contribution < 1.29 is 38.7 Å². The standard InChI is InChI=1S/C35H54N22O8/c1-57(2)17-12-10-15(11-13-17)7-6-14-46-30(64)31(65)47-18(16-8-4-3-5-9-16)25(59)49-22(54-33(40)41)27(61)51-24(56-35(44)45)29(63)52-23(55-34(42)43)28(62)50-21(53-32(38)39)26(60)48-19(36)20(37)58/h3-13,18-19,21-24,30,46,64H,14,36H2,1-2H3,(H2,37,58)(H,47,65)(H,48,60)(H,49,59)(H,50,62)(H,51,61)(H,52,63)(H4,38,39,53)(H4,40,41,54)(H4,42,43,55)(H4,44,45,56)/b7-6-. The Hall–Kier alpha value is -8.77. The average molecular weight is 911 g/mol. The van der Waals surface area contributed by atoms with E-state index in [9.17, 15) is 38.7 Å². The fourth-order valence-corrected chi connectivity index (χ4v) is 5.02. The number of benzene rings is 2. The minimum Gasteiger partial charge on any atom is -0.378 e. The van der Waals surface area contributed by atoms with Gasteiger partial charge < -0.3 is 97.6 Å². The highest BCUT2D eigenvalue weighted by Crippen LogP contribution is 2.14. The summed E-state index contributed by atoms with van der Waals surface area (Å²) in [6, 6.07) is 13.5. The van der Waals surface area contributed by atoms with Gasteiger partial charge >= 0.3 is 0 Å². The number of carbonyl (C=O) groups is 7. The van der Waals surface area contributed by atoms with Crippen LogP contribution in [0.1, 0.15) is 17.2 Å². The fourth-order valence-electron chi connectivity index (χ4n) is 5.02. The number of nitrogens with two attached hydrogens (primary N) is 6. The summed E-state index contributed by atoms with van der Waals surface area (Å²) in [6.07, 6.45) is -8.38. The van der Waals surface area contributed by atoms with Crippen molar-refractivity contribution in [2.24, 2.45) is 34.4 Å². The normalized spacial score (nSPS) is 13.8. The van der Waals surface area contributed by atoms with Gasteiger partial charge in [-0.1, -0.05) is 54.6 Å². The molecule has 0 aromatic heterocycles. The van der Waals surface area contributed by atoms with Crippen LogP contribution in [0.4, 0.5) is 5.69 Å². The Labute approximate surface area is 370 Å². The number of hydrogen-bond donors (Lipinski definition) is 22. The maximum atomic E-state index is 13.8. The van der Waals surface area contributed by atoms with Crippen molar-refractivity contribution in [1.82, 2.24) is 58.5 Å². The molecular weight excluding hydrogens is 857 g/mol. The minimum absolute atomic E-state index is 0.0264. The van der Waals surface area contributed by atoms with Crippen molar-refractivity contribution in [3.63, 3.8) is 0 Å². The summed E-state index contributed by atoms with van der Waals surface area (Å²) in [5.41, 5.74) is 34.0. The van der Waals surface area contributed by atoms with Gasteiger partial charge in [0.05, 0.1) is 0 Å². The number of hydrogen-bond acceptors (Lipinski definition) is 15. The largest absolute Gasteiger partial charge is 0.378 e. The van der Waals surface area contributed by atoms with Crippen molar-refractivity contribution in [1.29, 1.82) is 21.6 Å². The molecule has 2 aromatic carbocycles. The van der Waals surface area contributed by atoms with E-state index in [4.69, 9.17) is 56.0 Å². The van der Waals surface area contributed by atoms with Crippen LogP contribution >= 0.6 is 0 Å². The van der Waals surface area contributed by atoms with Crippen LogP contribution in [0.3, 0.4) is 0 Å². The lowest BCUT2D eigenvalue weighted by molar-refractivity contribution is -0.137. The van der Waals surface area contributed by atoms with Crippen LogP contribution in [0.2, 0.25) is 0 Å². The molecule has 30 heteroatoms. The Morgan fingerprint density at radius 2 is 0.969 bits per heavy atom. The van der Waals surface area contributed by atoms with Crippen molar-refractivity contribution >= 4 is 77.0 Å². The number of amides is 7. The van der Waals surface area contributed by atoms with Crippen LogP contribution in [0.15, 0.2) is 60.7 Å². The molecule has 0 aliphatic rings. The Morgan fingerprint density at radius 3 is 1.35 bits per heavy atom. The van der Waals surface area contributed by atoms with Gasteiger partial charge in [-0.05, 0) is 23.3 Å². The van der Waals surface area contributed by atoms with Crippen LogP contribution in [0.5, 0.6) is 0 Å². The molecule has 0 radical (unpaired) electrons. The molecule has 65 heavy (non-hydrogen) atoms. The zero-order valence-corrected chi connectivity index (χ0v) is 34.8. The molecule has 352 valence electrons. The number of nitrogens with one attached hydrogen (secondary N) is 15. The highest BCUT2D eigenvalue weighted by Gasteiger charge is 2.34. The zero-order valence-electron chi connectivity index (χ0n) is 34.8. The maximum Gasteiger partial charge on any atom is 0.265 e. The molecule has 0 saturated heterocycles. The topological polar surface area (TPSA) is 527 Å². The SMILES string of the molecule is CN(C)c1ccc(/C=C\CNC(O)C(=O)NC(C(=O)NC(NC(=N)N)C(=O)NC(NC(=N)N)C(=O)NC(NC(=N)N)C(=O)NC(NC(=N)N)C(=O)NC(N)C(N)=O)c2ccccc2)cc1. The zero-order chi connectivity index (χ0) is 49.0. The second-order valence-corrected chi connectivity index (χ2v) is 13.4. The van der Waals surface area contributed by atoms with Gasteiger partial charge in [0.15, 0.2) is 60.9 Å². The first-order valence-corrected chi connectivity index (χ1v) is 18.7. The lowest BCUT2D eigenvalue weighted by Gasteiger charge is -2.28. The molecule has 30 nitrogen and oxygen atoms in total. The van der Waals surface area contributed by atoms with E-state index in [1.807, 2.05) is 64.5 Å². The average Bonchev–Trinajstić information content (AvgIpc) is 3.22. The molecule has 0 aliphatic heterocycles. The summed E-state index contributed by atoms with van der Waals surface area (Å²) >= 11 is 0. The van der Waals surface area contributed by atoms with Gasteiger partial charge in [-0.25, -0.2) is 0 Å². The summed E-state index contributed by atoms with van der Waals surface area (Å²) in [6.45, 7) is 0.0264. The maximum absolute atomic E-state index is 13.8. The van der Waals surface area contributed by atoms with Crippen molar-refractivity contribution in [3.8, 4) is 0 Å². The molecule has 2 aromatic rings. The van der Waals surface area contributed by atoms with Crippen LogP contribution in [0, 0.1) is 21.6 Å². The first kappa shape index (κ1) is 52.4. The predicted octanol–water partition coefficient (Wildman–Crippen LogP) is -8.88. The van der Waals surface area contributed by atoms with E-state index in [0.29, 0.717) is 0 Å². The second-order valence-electron chi connectivity index (χ2n) is 13.4. The highest BCUT2D eigenvalue weighted by molar-refractivity contribution is 6.00. The number of aliphatic hydroxyl groups is 1. The number of aliphatic hydroxyl groups excluding tert-OH is 1. The van der Waals surface area contributed by atoms with E-state index < -0.39 is 108 Å². The minimum atomic E-state index is -2.11. The fraction of sp³-hybridized carbons (Fsp3) is 0.286. The van der Waals surface area contributed by atoms with Gasteiger partial charge in [0.25, 0.3) is 35.4 Å².